The highest BCUT2D eigenvalue weighted by Gasteiger charge is 2.39. The zero-order chi connectivity index (χ0) is 30.8. The van der Waals surface area contributed by atoms with Gasteiger partial charge in [0.05, 0.1) is 18.1 Å². The van der Waals surface area contributed by atoms with E-state index in [4.69, 9.17) is 14.2 Å². The maximum Gasteiger partial charge on any atom is 0.423 e. The second-order valence-electron chi connectivity index (χ2n) is 10.1. The molecule has 2 aromatic carbocycles. The monoisotopic (exact) mass is 595 g/mol. The number of rotatable bonds is 8. The number of hydrogen-bond donors (Lipinski definition) is 1. The van der Waals surface area contributed by atoms with Crippen molar-refractivity contribution in [3.63, 3.8) is 0 Å². The fourth-order valence-electron chi connectivity index (χ4n) is 5.15. The molecule has 1 fully saturated rings. The molecule has 2 aliphatic heterocycles. The molecule has 2 unspecified atom stereocenters. The van der Waals surface area contributed by atoms with E-state index in [1.54, 1.807) is 35.2 Å². The third kappa shape index (κ3) is 5.85. The van der Waals surface area contributed by atoms with E-state index in [0.29, 0.717) is 30.8 Å². The quantitative estimate of drug-likeness (QED) is 0.125. The van der Waals surface area contributed by atoms with Crippen LogP contribution >= 0.6 is 0 Å². The van der Waals surface area contributed by atoms with E-state index in [2.05, 4.69) is 0 Å². The summed E-state index contributed by atoms with van der Waals surface area (Å²) in [6.45, 7) is 1.56. The number of aliphatic hydroxyl groups is 1. The summed E-state index contributed by atoms with van der Waals surface area (Å²) in [5.74, 6) is -2.69. The van der Waals surface area contributed by atoms with E-state index in [1.165, 1.54) is 36.9 Å². The molecule has 0 saturated carbocycles. The molecule has 15 heteroatoms. The number of carbonyl (C=O) groups excluding carboxylic acids is 2. The Morgan fingerprint density at radius 2 is 1.79 bits per heavy atom. The standard InChI is InChI=1S/C28H29N5O10/c1-29-24-23(25(35)30(2)28(29)38)43-27(37)26(36)42-21-16-31(12-13-32(21)24)11-6-14-41-20-10-9-18(33(39)40)15-19(20)22(34)17-7-4-3-5-8-17/h3-5,7-10,15,21-22,34H,6,11-14,16H2,1-2H3. The number of aromatic nitrogens is 2. The summed E-state index contributed by atoms with van der Waals surface area (Å²) in [6, 6.07) is 12.8. The van der Waals surface area contributed by atoms with E-state index in [-0.39, 0.29) is 36.8 Å². The van der Waals surface area contributed by atoms with Crippen molar-refractivity contribution in [2.75, 3.05) is 37.7 Å². The van der Waals surface area contributed by atoms with Crippen LogP contribution in [0.2, 0.25) is 0 Å². The average Bonchev–Trinajstić information content (AvgIpc) is 3.01. The third-order valence-corrected chi connectivity index (χ3v) is 7.38. The highest BCUT2D eigenvalue weighted by molar-refractivity contribution is 6.30. The first-order valence-corrected chi connectivity index (χ1v) is 13.4. The summed E-state index contributed by atoms with van der Waals surface area (Å²) in [4.78, 5) is 64.3. The van der Waals surface area contributed by atoms with Crippen LogP contribution in [-0.4, -0.2) is 75.0 Å². The fourth-order valence-corrected chi connectivity index (χ4v) is 5.15. The van der Waals surface area contributed by atoms with Crippen LogP contribution in [0.3, 0.4) is 0 Å². The van der Waals surface area contributed by atoms with Crippen LogP contribution in [0.5, 0.6) is 11.5 Å². The minimum absolute atomic E-state index is 0.0459. The largest absolute Gasteiger partial charge is 0.493 e. The normalized spacial score (nSPS) is 17.6. The minimum atomic E-state index is -1.36. The van der Waals surface area contributed by atoms with Crippen LogP contribution in [0.4, 0.5) is 11.5 Å². The Hall–Kier alpha value is -5.02. The average molecular weight is 596 g/mol. The van der Waals surface area contributed by atoms with Crippen molar-refractivity contribution in [1.29, 1.82) is 0 Å². The smallest absolute Gasteiger partial charge is 0.423 e. The first-order valence-electron chi connectivity index (χ1n) is 13.4. The van der Waals surface area contributed by atoms with Gasteiger partial charge in [-0.05, 0) is 18.1 Å². The number of nitro groups is 1. The van der Waals surface area contributed by atoms with E-state index < -0.39 is 46.2 Å². The summed E-state index contributed by atoms with van der Waals surface area (Å²) in [6.07, 6.45) is -1.62. The third-order valence-electron chi connectivity index (χ3n) is 7.38. The Kier molecular flexibility index (Phi) is 8.27. The lowest BCUT2D eigenvalue weighted by atomic mass is 10.00. The van der Waals surface area contributed by atoms with Gasteiger partial charge in [0.25, 0.3) is 5.69 Å². The van der Waals surface area contributed by atoms with Crippen molar-refractivity contribution >= 4 is 23.4 Å². The van der Waals surface area contributed by atoms with Crippen molar-refractivity contribution in [3.8, 4) is 11.5 Å². The Balaban J connectivity index is 1.28. The van der Waals surface area contributed by atoms with E-state index in [9.17, 15) is 34.4 Å². The molecule has 0 aliphatic carbocycles. The molecule has 1 aromatic heterocycles. The molecule has 0 amide bonds. The Morgan fingerprint density at radius 1 is 1.05 bits per heavy atom. The summed E-state index contributed by atoms with van der Waals surface area (Å²) in [7, 11) is 2.68. The maximum absolute atomic E-state index is 12.8. The number of esters is 2. The second kappa shape index (κ2) is 12.1. The Labute approximate surface area is 244 Å². The molecule has 1 saturated heterocycles. The predicted molar refractivity (Wildman–Crippen MR) is 150 cm³/mol. The van der Waals surface area contributed by atoms with Crippen LogP contribution in [0.1, 0.15) is 23.7 Å². The van der Waals surface area contributed by atoms with Crippen LogP contribution in [0.15, 0.2) is 58.1 Å². The molecule has 15 nitrogen and oxygen atoms in total. The zero-order valence-electron chi connectivity index (χ0n) is 23.4. The molecule has 226 valence electrons. The van der Waals surface area contributed by atoms with Crippen LogP contribution in [0.25, 0.3) is 0 Å². The van der Waals surface area contributed by atoms with Crippen LogP contribution < -0.4 is 25.6 Å². The van der Waals surface area contributed by atoms with Crippen molar-refractivity contribution in [3.05, 3.63) is 90.6 Å². The van der Waals surface area contributed by atoms with Gasteiger partial charge in [-0.2, -0.15) is 0 Å². The predicted octanol–water partition coefficient (Wildman–Crippen LogP) is 0.453. The molecule has 5 rings (SSSR count). The lowest BCUT2D eigenvalue weighted by Gasteiger charge is -2.42. The molecule has 0 radical (unpaired) electrons. The Bertz CT molecular complexity index is 1690. The zero-order valence-corrected chi connectivity index (χ0v) is 23.4. The summed E-state index contributed by atoms with van der Waals surface area (Å²) in [5, 5.41) is 22.3. The topological polar surface area (TPSA) is 176 Å². The van der Waals surface area contributed by atoms with Gasteiger partial charge in [-0.1, -0.05) is 30.3 Å². The number of nitrogens with zero attached hydrogens (tertiary/aromatic N) is 5. The molecule has 0 bridgehead atoms. The molecule has 2 atom stereocenters. The number of aliphatic hydroxyl groups excluding tert-OH is 1. The molecule has 3 aromatic rings. The number of carbonyl (C=O) groups is 2. The van der Waals surface area contributed by atoms with E-state index in [0.717, 1.165) is 4.57 Å². The van der Waals surface area contributed by atoms with Gasteiger partial charge in [-0.15, -0.1) is 0 Å². The lowest BCUT2D eigenvalue weighted by Crippen LogP contribution is -2.58. The first-order chi connectivity index (χ1) is 20.6. The van der Waals surface area contributed by atoms with Gasteiger partial charge in [-0.25, -0.2) is 14.4 Å². The lowest BCUT2D eigenvalue weighted by molar-refractivity contribution is -0.385. The van der Waals surface area contributed by atoms with Gasteiger partial charge in [0.2, 0.25) is 5.75 Å². The SMILES string of the molecule is Cn1c2c(c(=O)n(C)c1=O)OC(=O)C(=O)OC1CN(CCCOc3ccc([N+](=O)[O-])cc3C(O)c3ccccc3)CCN21. The second-order valence-corrected chi connectivity index (χ2v) is 10.1. The molecular weight excluding hydrogens is 566 g/mol. The molecular formula is C28H29N5O10. The van der Waals surface area contributed by atoms with Crippen molar-refractivity contribution in [2.24, 2.45) is 14.1 Å². The van der Waals surface area contributed by atoms with Crippen molar-refractivity contribution in [1.82, 2.24) is 14.0 Å². The van der Waals surface area contributed by atoms with Gasteiger partial charge >= 0.3 is 23.2 Å². The highest BCUT2D eigenvalue weighted by Crippen LogP contribution is 2.33. The van der Waals surface area contributed by atoms with Gasteiger partial charge in [0, 0.05) is 51.4 Å². The number of anilines is 1. The molecule has 43 heavy (non-hydrogen) atoms. The minimum Gasteiger partial charge on any atom is -0.493 e. The summed E-state index contributed by atoms with van der Waals surface area (Å²) in [5.41, 5.74) is -0.835. The van der Waals surface area contributed by atoms with E-state index in [1.807, 2.05) is 4.90 Å². The fraction of sp³-hybridized carbons (Fsp3) is 0.357. The van der Waals surface area contributed by atoms with Gasteiger partial charge in [0.1, 0.15) is 11.9 Å². The molecule has 1 N–H and O–H groups in total. The summed E-state index contributed by atoms with van der Waals surface area (Å²) < 4.78 is 18.3. The number of hydrogen-bond acceptors (Lipinski definition) is 12. The van der Waals surface area contributed by atoms with Gasteiger partial charge in [0.15, 0.2) is 12.0 Å². The number of benzene rings is 2. The van der Waals surface area contributed by atoms with Crippen LogP contribution in [0, 0.1) is 10.1 Å². The summed E-state index contributed by atoms with van der Waals surface area (Å²) >= 11 is 0. The number of nitro benzene ring substituents is 1. The van der Waals surface area contributed by atoms with Gasteiger partial charge in [-0.3, -0.25) is 28.9 Å². The highest BCUT2D eigenvalue weighted by atomic mass is 16.6. The Morgan fingerprint density at radius 3 is 2.51 bits per heavy atom. The number of ether oxygens (including phenoxy) is 3. The van der Waals surface area contributed by atoms with E-state index >= 15 is 0 Å². The maximum atomic E-state index is 12.8. The molecule has 3 heterocycles. The number of piperazine rings is 1. The molecule has 2 aliphatic rings. The van der Waals surface area contributed by atoms with Crippen LogP contribution in [-0.2, 0) is 28.4 Å². The van der Waals surface area contributed by atoms with Crippen molar-refractivity contribution in [2.45, 2.75) is 18.8 Å². The number of non-ortho nitro benzene ring substituents is 1. The van der Waals surface area contributed by atoms with Gasteiger partial charge < -0.3 is 24.2 Å². The number of fused-ring (bicyclic) bond motifs is 3. The van der Waals surface area contributed by atoms with Crippen molar-refractivity contribution < 1.29 is 33.8 Å². The first kappa shape index (κ1) is 29.5. The molecule has 0 spiro atoms.